The molecule has 0 aliphatic carbocycles. The van der Waals surface area contributed by atoms with Crippen LogP contribution in [0.4, 0.5) is 0 Å². The fraction of sp³-hybridized carbons (Fsp3) is 0.375. The number of benzene rings is 1. The van der Waals surface area contributed by atoms with E-state index in [0.29, 0.717) is 24.3 Å². The molecule has 2 aromatic heterocycles. The number of hydrogen-bond acceptors (Lipinski definition) is 3. The van der Waals surface area contributed by atoms with Gasteiger partial charge in [-0.3, -0.25) is 9.59 Å². The van der Waals surface area contributed by atoms with E-state index >= 15 is 0 Å². The van der Waals surface area contributed by atoms with Crippen molar-refractivity contribution in [1.82, 2.24) is 19.6 Å². The van der Waals surface area contributed by atoms with Crippen LogP contribution in [0.25, 0.3) is 5.52 Å². The Hall–Kier alpha value is -3.15. The smallest absolute Gasteiger partial charge is 0.272 e. The molecule has 1 aromatic carbocycles. The van der Waals surface area contributed by atoms with Gasteiger partial charge in [0.1, 0.15) is 5.82 Å². The fourth-order valence-electron chi connectivity index (χ4n) is 4.15. The van der Waals surface area contributed by atoms with E-state index in [-0.39, 0.29) is 17.9 Å². The van der Waals surface area contributed by atoms with Crippen molar-refractivity contribution in [2.45, 2.75) is 45.1 Å². The Balaban J connectivity index is 1.64. The number of rotatable bonds is 7. The third kappa shape index (κ3) is 3.95. The molecule has 1 fully saturated rings. The van der Waals surface area contributed by atoms with Gasteiger partial charge in [-0.25, -0.2) is 4.98 Å². The molecule has 0 saturated carbocycles. The minimum absolute atomic E-state index is 0.0105. The second-order valence-corrected chi connectivity index (χ2v) is 7.76. The Morgan fingerprint density at radius 3 is 2.70 bits per heavy atom. The highest BCUT2D eigenvalue weighted by Crippen LogP contribution is 2.33. The molecule has 6 nitrogen and oxygen atoms in total. The Labute approximate surface area is 176 Å². The summed E-state index contributed by atoms with van der Waals surface area (Å²) in [4.78, 5) is 32.6. The van der Waals surface area contributed by atoms with Gasteiger partial charge < -0.3 is 14.6 Å². The Morgan fingerprint density at radius 2 is 1.90 bits per heavy atom. The van der Waals surface area contributed by atoms with Crippen LogP contribution in [-0.4, -0.2) is 39.2 Å². The molecule has 0 bridgehead atoms. The molecule has 1 aliphatic heterocycles. The van der Waals surface area contributed by atoms with Gasteiger partial charge >= 0.3 is 0 Å². The maximum absolute atomic E-state index is 13.1. The maximum atomic E-state index is 13.1. The van der Waals surface area contributed by atoms with Crippen LogP contribution in [-0.2, 0) is 0 Å². The summed E-state index contributed by atoms with van der Waals surface area (Å²) in [6, 6.07) is 15.0. The molecule has 2 amide bonds. The average Bonchev–Trinajstić information content (AvgIpc) is 3.41. The van der Waals surface area contributed by atoms with Gasteiger partial charge in [-0.05, 0) is 43.5 Å². The quantitative estimate of drug-likeness (QED) is 0.599. The number of imidazole rings is 1. The Kier molecular flexibility index (Phi) is 6.12. The largest absolute Gasteiger partial charge is 0.351 e. The minimum Gasteiger partial charge on any atom is -0.351 e. The number of aromatic nitrogens is 2. The normalized spacial score (nSPS) is 16.2. The highest BCUT2D eigenvalue weighted by atomic mass is 16.2. The van der Waals surface area contributed by atoms with E-state index in [2.05, 4.69) is 12.2 Å². The number of carbonyl (C=O) groups excluding carboxylic acids is 2. The first kappa shape index (κ1) is 20.1. The van der Waals surface area contributed by atoms with Crippen molar-refractivity contribution in [2.75, 3.05) is 13.1 Å². The van der Waals surface area contributed by atoms with Gasteiger partial charge in [0.2, 0.25) is 0 Å². The number of unbranched alkanes of at least 4 members (excludes halogenated alkanes) is 2. The number of nitrogens with one attached hydrogen (secondary N) is 1. The molecular weight excluding hydrogens is 376 g/mol. The van der Waals surface area contributed by atoms with Crippen molar-refractivity contribution in [3.8, 4) is 0 Å². The van der Waals surface area contributed by atoms with Gasteiger partial charge in [0.05, 0.1) is 11.6 Å². The van der Waals surface area contributed by atoms with Crippen LogP contribution in [0.5, 0.6) is 0 Å². The zero-order chi connectivity index (χ0) is 20.9. The van der Waals surface area contributed by atoms with Gasteiger partial charge in [0, 0.05) is 24.8 Å². The molecule has 0 radical (unpaired) electrons. The van der Waals surface area contributed by atoms with Gasteiger partial charge in [-0.1, -0.05) is 44.0 Å². The highest BCUT2D eigenvalue weighted by molar-refractivity contribution is 5.99. The number of fused-ring (bicyclic) bond motifs is 1. The molecule has 3 heterocycles. The van der Waals surface area contributed by atoms with Crippen LogP contribution in [0.3, 0.4) is 0 Å². The SMILES string of the molecule is CCCCCNC(=O)c1nc([C@@H]2CCCN2C(=O)c2ccccc2)n2ccccc12. The monoisotopic (exact) mass is 404 g/mol. The summed E-state index contributed by atoms with van der Waals surface area (Å²) in [5.74, 6) is 0.613. The molecule has 1 aliphatic rings. The van der Waals surface area contributed by atoms with Crippen molar-refractivity contribution in [3.05, 3.63) is 71.8 Å². The van der Waals surface area contributed by atoms with E-state index in [0.717, 1.165) is 43.4 Å². The van der Waals surface area contributed by atoms with Crippen LogP contribution >= 0.6 is 0 Å². The predicted molar refractivity (Wildman–Crippen MR) is 117 cm³/mol. The topological polar surface area (TPSA) is 66.7 Å². The summed E-state index contributed by atoms with van der Waals surface area (Å²) in [5, 5.41) is 2.99. The highest BCUT2D eigenvalue weighted by Gasteiger charge is 2.34. The summed E-state index contributed by atoms with van der Waals surface area (Å²) < 4.78 is 1.96. The van der Waals surface area contributed by atoms with E-state index in [4.69, 9.17) is 4.98 Å². The number of nitrogens with zero attached hydrogens (tertiary/aromatic N) is 3. The van der Waals surface area contributed by atoms with Crippen molar-refractivity contribution < 1.29 is 9.59 Å². The van der Waals surface area contributed by atoms with Crippen molar-refractivity contribution in [1.29, 1.82) is 0 Å². The molecule has 30 heavy (non-hydrogen) atoms. The molecule has 0 unspecified atom stereocenters. The summed E-state index contributed by atoms with van der Waals surface area (Å²) in [5.41, 5.74) is 1.89. The first-order chi connectivity index (χ1) is 14.7. The van der Waals surface area contributed by atoms with Crippen molar-refractivity contribution in [3.63, 3.8) is 0 Å². The minimum atomic E-state index is -0.153. The fourth-order valence-corrected chi connectivity index (χ4v) is 4.15. The summed E-state index contributed by atoms with van der Waals surface area (Å²) in [6.45, 7) is 3.48. The third-order valence-corrected chi connectivity index (χ3v) is 5.69. The van der Waals surface area contributed by atoms with Gasteiger partial charge in [-0.15, -0.1) is 0 Å². The van der Waals surface area contributed by atoms with E-state index in [9.17, 15) is 9.59 Å². The predicted octanol–water partition coefficient (Wildman–Crippen LogP) is 4.23. The molecule has 4 rings (SSSR count). The second-order valence-electron chi connectivity index (χ2n) is 7.76. The van der Waals surface area contributed by atoms with E-state index < -0.39 is 0 Å². The number of amides is 2. The van der Waals surface area contributed by atoms with Crippen LogP contribution < -0.4 is 5.32 Å². The Bertz CT molecular complexity index is 1030. The van der Waals surface area contributed by atoms with Crippen LogP contribution in [0.15, 0.2) is 54.7 Å². The van der Waals surface area contributed by atoms with Crippen LogP contribution in [0.1, 0.15) is 71.7 Å². The second kappa shape index (κ2) is 9.11. The molecular formula is C24H28N4O2. The summed E-state index contributed by atoms with van der Waals surface area (Å²) >= 11 is 0. The summed E-state index contributed by atoms with van der Waals surface area (Å²) in [6.07, 6.45) is 6.85. The van der Waals surface area contributed by atoms with E-state index in [1.807, 2.05) is 64.0 Å². The summed E-state index contributed by atoms with van der Waals surface area (Å²) in [7, 11) is 0. The van der Waals surface area contributed by atoms with Gasteiger partial charge in [-0.2, -0.15) is 0 Å². The standard InChI is InChI=1S/C24H28N4O2/c1-2-3-8-15-25-23(29)21-19-13-7-9-16-27(19)22(26-21)20-14-10-17-28(20)24(30)18-11-5-4-6-12-18/h4-7,9,11-13,16,20H,2-3,8,10,14-15,17H2,1H3,(H,25,29)/t20-/m0/s1. The lowest BCUT2D eigenvalue weighted by molar-refractivity contribution is 0.0729. The van der Waals surface area contributed by atoms with Crippen LogP contribution in [0.2, 0.25) is 0 Å². The molecule has 1 N–H and O–H groups in total. The molecule has 0 spiro atoms. The molecule has 1 atom stereocenters. The third-order valence-electron chi connectivity index (χ3n) is 5.69. The number of hydrogen-bond donors (Lipinski definition) is 1. The maximum Gasteiger partial charge on any atom is 0.272 e. The lowest BCUT2D eigenvalue weighted by atomic mass is 10.1. The van der Waals surface area contributed by atoms with Crippen molar-refractivity contribution in [2.24, 2.45) is 0 Å². The first-order valence-electron chi connectivity index (χ1n) is 10.8. The molecule has 6 heteroatoms. The lowest BCUT2D eigenvalue weighted by Crippen LogP contribution is -2.31. The molecule has 156 valence electrons. The zero-order valence-corrected chi connectivity index (χ0v) is 17.4. The lowest BCUT2D eigenvalue weighted by Gasteiger charge is -2.24. The first-order valence-corrected chi connectivity index (χ1v) is 10.8. The number of carbonyl (C=O) groups is 2. The van der Waals surface area contributed by atoms with Gasteiger partial charge in [0.15, 0.2) is 5.69 Å². The Morgan fingerprint density at radius 1 is 1.10 bits per heavy atom. The van der Waals surface area contributed by atoms with E-state index in [1.165, 1.54) is 0 Å². The number of likely N-dealkylation sites (tertiary alicyclic amines) is 1. The molecule has 1 saturated heterocycles. The zero-order valence-electron chi connectivity index (χ0n) is 17.4. The van der Waals surface area contributed by atoms with Crippen molar-refractivity contribution >= 4 is 17.3 Å². The molecule has 3 aromatic rings. The van der Waals surface area contributed by atoms with Crippen LogP contribution in [0, 0.1) is 0 Å². The number of pyridine rings is 1. The van der Waals surface area contributed by atoms with Gasteiger partial charge in [0.25, 0.3) is 11.8 Å². The van der Waals surface area contributed by atoms with E-state index in [1.54, 1.807) is 0 Å². The average molecular weight is 405 g/mol.